The van der Waals surface area contributed by atoms with Gasteiger partial charge in [-0.05, 0) is 54.3 Å². The van der Waals surface area contributed by atoms with Crippen LogP contribution >= 0.6 is 11.6 Å². The summed E-state index contributed by atoms with van der Waals surface area (Å²) in [6.07, 6.45) is 1.75. The number of aromatic carboxylic acids is 1. The molecule has 2 aromatic carbocycles. The van der Waals surface area contributed by atoms with Gasteiger partial charge in [-0.25, -0.2) is 13.2 Å². The fraction of sp³-hybridized carbons (Fsp3) is 0.235. The number of carbonyl (C=O) groups is 1. The summed E-state index contributed by atoms with van der Waals surface area (Å²) >= 11 is 5.97. The number of halogens is 1. The third kappa shape index (κ3) is 3.17. The molecule has 0 saturated carbocycles. The average molecular weight is 366 g/mol. The number of carboxylic acids is 1. The highest BCUT2D eigenvalue weighted by atomic mass is 35.5. The maximum Gasteiger partial charge on any atom is 0.336 e. The number of hydrogen-bond donors (Lipinski definition) is 1. The van der Waals surface area contributed by atoms with E-state index in [1.54, 1.807) is 18.2 Å². The molecule has 3 rings (SSSR count). The minimum Gasteiger partial charge on any atom is -0.478 e. The van der Waals surface area contributed by atoms with Crippen molar-refractivity contribution < 1.29 is 18.3 Å². The molecule has 7 heteroatoms. The van der Waals surface area contributed by atoms with Gasteiger partial charge in [-0.1, -0.05) is 23.7 Å². The largest absolute Gasteiger partial charge is 0.478 e. The fourth-order valence-electron chi connectivity index (χ4n) is 2.83. The molecule has 1 aliphatic rings. The van der Waals surface area contributed by atoms with Crippen LogP contribution in [-0.4, -0.2) is 36.9 Å². The number of sulfonamides is 1. The number of nitrogens with zero attached hydrogens (tertiary/aromatic N) is 1. The molecule has 5 nitrogen and oxygen atoms in total. The molecule has 0 unspecified atom stereocenters. The quantitative estimate of drug-likeness (QED) is 0.899. The van der Waals surface area contributed by atoms with Crippen LogP contribution in [0.4, 0.5) is 0 Å². The summed E-state index contributed by atoms with van der Waals surface area (Å²) in [5.41, 5.74) is 1.19. The van der Waals surface area contributed by atoms with Crippen molar-refractivity contribution in [1.82, 2.24) is 4.31 Å². The summed E-state index contributed by atoms with van der Waals surface area (Å²) in [5.74, 6) is -1.06. The van der Waals surface area contributed by atoms with E-state index < -0.39 is 16.0 Å². The van der Waals surface area contributed by atoms with Crippen LogP contribution in [0.3, 0.4) is 0 Å². The van der Waals surface area contributed by atoms with E-state index >= 15 is 0 Å². The molecule has 0 aromatic heterocycles. The van der Waals surface area contributed by atoms with E-state index in [-0.39, 0.29) is 10.5 Å². The Labute approximate surface area is 145 Å². The van der Waals surface area contributed by atoms with E-state index in [9.17, 15) is 18.3 Å². The van der Waals surface area contributed by atoms with Crippen LogP contribution in [0.2, 0.25) is 5.02 Å². The van der Waals surface area contributed by atoms with Crippen LogP contribution in [0.15, 0.2) is 47.4 Å². The second-order valence-corrected chi connectivity index (χ2v) is 8.00. The highest BCUT2D eigenvalue weighted by Crippen LogP contribution is 2.29. The van der Waals surface area contributed by atoms with Crippen LogP contribution < -0.4 is 0 Å². The zero-order valence-electron chi connectivity index (χ0n) is 12.8. The van der Waals surface area contributed by atoms with Gasteiger partial charge < -0.3 is 5.11 Å². The van der Waals surface area contributed by atoms with Gasteiger partial charge in [0.25, 0.3) is 0 Å². The molecule has 1 fully saturated rings. The second-order valence-electron chi connectivity index (χ2n) is 5.63. The zero-order valence-corrected chi connectivity index (χ0v) is 14.3. The van der Waals surface area contributed by atoms with Crippen LogP contribution in [0.5, 0.6) is 0 Å². The van der Waals surface area contributed by atoms with Crippen LogP contribution in [0, 0.1) is 0 Å². The Bertz CT molecular complexity index is 872. The Morgan fingerprint density at radius 3 is 2.25 bits per heavy atom. The molecular formula is C17H16ClNO4S. The van der Waals surface area contributed by atoms with Gasteiger partial charge >= 0.3 is 5.97 Å². The van der Waals surface area contributed by atoms with Crippen molar-refractivity contribution in [2.24, 2.45) is 0 Å². The van der Waals surface area contributed by atoms with Crippen LogP contribution in [-0.2, 0) is 10.0 Å². The topological polar surface area (TPSA) is 74.7 Å². The van der Waals surface area contributed by atoms with Crippen LogP contribution in [0.1, 0.15) is 23.2 Å². The molecule has 1 N–H and O–H groups in total. The first-order valence-corrected chi connectivity index (χ1v) is 9.35. The summed E-state index contributed by atoms with van der Waals surface area (Å²) in [6, 6.07) is 10.8. The number of benzene rings is 2. The number of hydrogen-bond acceptors (Lipinski definition) is 3. The van der Waals surface area contributed by atoms with Crippen molar-refractivity contribution in [3.63, 3.8) is 0 Å². The summed E-state index contributed by atoms with van der Waals surface area (Å²) in [7, 11) is -3.48. The zero-order chi connectivity index (χ0) is 17.3. The fourth-order valence-corrected chi connectivity index (χ4v) is 4.51. The third-order valence-electron chi connectivity index (χ3n) is 4.08. The molecular weight excluding hydrogens is 350 g/mol. The van der Waals surface area contributed by atoms with E-state index in [1.807, 2.05) is 0 Å². The van der Waals surface area contributed by atoms with Gasteiger partial charge in [0.1, 0.15) is 0 Å². The van der Waals surface area contributed by atoms with Gasteiger partial charge in [-0.15, -0.1) is 0 Å². The minimum atomic E-state index is -3.48. The first kappa shape index (κ1) is 17.0. The minimum absolute atomic E-state index is 0.120. The number of carboxylic acid groups (broad SMARTS) is 1. The van der Waals surface area contributed by atoms with Crippen LogP contribution in [0.25, 0.3) is 11.1 Å². The molecule has 0 bridgehead atoms. The first-order chi connectivity index (χ1) is 11.4. The molecule has 0 aliphatic carbocycles. The smallest absolute Gasteiger partial charge is 0.336 e. The predicted octanol–water partition coefficient (Wildman–Crippen LogP) is 3.49. The average Bonchev–Trinajstić information content (AvgIpc) is 3.10. The molecule has 24 heavy (non-hydrogen) atoms. The number of rotatable bonds is 4. The molecule has 0 radical (unpaired) electrons. The lowest BCUT2D eigenvalue weighted by Crippen LogP contribution is -2.27. The van der Waals surface area contributed by atoms with Gasteiger partial charge in [-0.2, -0.15) is 4.31 Å². The van der Waals surface area contributed by atoms with Gasteiger partial charge in [-0.3, -0.25) is 0 Å². The van der Waals surface area contributed by atoms with Crippen molar-refractivity contribution in [1.29, 1.82) is 0 Å². The Balaban J connectivity index is 1.99. The monoisotopic (exact) mass is 365 g/mol. The predicted molar refractivity (Wildman–Crippen MR) is 91.8 cm³/mol. The first-order valence-electron chi connectivity index (χ1n) is 7.53. The maximum absolute atomic E-state index is 12.5. The van der Waals surface area contributed by atoms with E-state index in [2.05, 4.69) is 0 Å². The molecule has 0 spiro atoms. The van der Waals surface area contributed by atoms with E-state index in [0.717, 1.165) is 12.8 Å². The lowest BCUT2D eigenvalue weighted by atomic mass is 10.00. The Morgan fingerprint density at radius 1 is 1.04 bits per heavy atom. The highest BCUT2D eigenvalue weighted by molar-refractivity contribution is 7.89. The third-order valence-corrected chi connectivity index (χ3v) is 6.23. The SMILES string of the molecule is O=C(O)c1ccc(Cl)cc1-c1ccc(S(=O)(=O)N2CCCC2)cc1. The van der Waals surface area contributed by atoms with E-state index in [4.69, 9.17) is 11.6 Å². The van der Waals surface area contributed by atoms with Crippen molar-refractivity contribution in [2.75, 3.05) is 13.1 Å². The molecule has 126 valence electrons. The Morgan fingerprint density at radius 2 is 1.67 bits per heavy atom. The van der Waals surface area contributed by atoms with E-state index in [1.165, 1.54) is 28.6 Å². The van der Waals surface area contributed by atoms with Gasteiger partial charge in [0, 0.05) is 18.1 Å². The Hall–Kier alpha value is -1.89. The maximum atomic E-state index is 12.5. The lowest BCUT2D eigenvalue weighted by molar-refractivity contribution is 0.0697. The molecule has 1 aliphatic heterocycles. The molecule has 1 heterocycles. The molecule has 0 amide bonds. The van der Waals surface area contributed by atoms with Crippen molar-refractivity contribution in [3.05, 3.63) is 53.1 Å². The van der Waals surface area contributed by atoms with E-state index in [0.29, 0.717) is 29.2 Å². The summed E-state index contributed by atoms with van der Waals surface area (Å²) in [5, 5.41) is 9.72. The van der Waals surface area contributed by atoms with Crippen molar-refractivity contribution in [3.8, 4) is 11.1 Å². The highest BCUT2D eigenvalue weighted by Gasteiger charge is 2.27. The van der Waals surface area contributed by atoms with Crippen molar-refractivity contribution in [2.45, 2.75) is 17.7 Å². The molecule has 0 atom stereocenters. The molecule has 1 saturated heterocycles. The van der Waals surface area contributed by atoms with Crippen molar-refractivity contribution >= 4 is 27.6 Å². The van der Waals surface area contributed by atoms with Gasteiger partial charge in [0.15, 0.2) is 0 Å². The normalized spacial score (nSPS) is 15.5. The summed E-state index contributed by atoms with van der Waals surface area (Å²) in [4.78, 5) is 11.6. The standard InChI is InChI=1S/C17H16ClNO4S/c18-13-5-8-15(17(20)21)16(11-13)12-3-6-14(7-4-12)24(22,23)19-9-1-2-10-19/h3-8,11H,1-2,9-10H2,(H,20,21). The van der Waals surface area contributed by atoms with Gasteiger partial charge in [0.2, 0.25) is 10.0 Å². The Kier molecular flexibility index (Phi) is 4.62. The summed E-state index contributed by atoms with van der Waals surface area (Å²) in [6.45, 7) is 1.09. The van der Waals surface area contributed by atoms with Gasteiger partial charge in [0.05, 0.1) is 10.5 Å². The lowest BCUT2D eigenvalue weighted by Gasteiger charge is -2.16. The molecule has 2 aromatic rings. The second kappa shape index (κ2) is 6.55. The summed E-state index contributed by atoms with van der Waals surface area (Å²) < 4.78 is 26.5.